The second kappa shape index (κ2) is 25.8. The van der Waals surface area contributed by atoms with Crippen LogP contribution in [0.1, 0.15) is 145 Å². The average Bonchev–Trinajstić information content (AvgIpc) is 3.68. The first-order chi connectivity index (χ1) is 21.5. The molecule has 0 N–H and O–H groups in total. The molecule has 3 nitrogen and oxygen atoms in total. The maximum absolute atomic E-state index is 2.57. The summed E-state index contributed by atoms with van der Waals surface area (Å²) in [6.07, 6.45) is 31.6. The third-order valence-corrected chi connectivity index (χ3v) is 11.7. The number of rotatable bonds is 22. The van der Waals surface area contributed by atoms with Crippen molar-refractivity contribution in [1.29, 1.82) is 0 Å². The topological polar surface area (TPSA) is 11.0 Å². The van der Waals surface area contributed by atoms with Crippen molar-refractivity contribution in [3.63, 3.8) is 0 Å². The Bertz CT molecular complexity index is 1240. The second-order valence-corrected chi connectivity index (χ2v) is 15.5. The number of aryl methyl sites for hydroxylation is 3. The van der Waals surface area contributed by atoms with Gasteiger partial charge in [0.15, 0.2) is 11.9 Å². The molecule has 0 fully saturated rings. The summed E-state index contributed by atoms with van der Waals surface area (Å²) in [6, 6.07) is 0. The van der Waals surface area contributed by atoms with Gasteiger partial charge in [0.05, 0.1) is 20.9 Å². The van der Waals surface area contributed by atoms with Crippen molar-refractivity contribution in [3.05, 3.63) is 66.5 Å². The molecule has 0 aromatic carbocycles. The van der Waals surface area contributed by atoms with Gasteiger partial charge in [-0.25, -0.2) is 0 Å². The van der Waals surface area contributed by atoms with Crippen LogP contribution in [-0.4, -0.2) is 11.4 Å². The van der Waals surface area contributed by atoms with Gasteiger partial charge in [-0.1, -0.05) is 119 Å². The van der Waals surface area contributed by atoms with Gasteiger partial charge in [0, 0.05) is 38.1 Å². The van der Waals surface area contributed by atoms with Crippen LogP contribution >= 0.6 is 34.4 Å². The molecule has 8 heteroatoms. The third kappa shape index (κ3) is 15.2. The number of allylic oxidation sites excluding steroid dienone is 5. The average molecular weight is 910 g/mol. The molecule has 3 heterocycles. The van der Waals surface area contributed by atoms with Gasteiger partial charge in [-0.05, 0) is 56.7 Å². The van der Waals surface area contributed by atoms with Crippen LogP contribution in [0.25, 0.3) is 11.6 Å². The molecule has 1 aliphatic rings. The number of nitrogens with zero attached hydrogens (tertiary/aromatic N) is 3. The van der Waals surface area contributed by atoms with Crippen molar-refractivity contribution >= 4 is 46.1 Å². The van der Waals surface area contributed by atoms with E-state index in [0.717, 1.165) is 19.6 Å². The van der Waals surface area contributed by atoms with Crippen LogP contribution in [0.15, 0.2) is 45.9 Å². The maximum atomic E-state index is 2.57. The first-order valence-electron chi connectivity index (χ1n) is 17.7. The molecule has 260 valence electrons. The molecule has 0 atom stereocenters. The van der Waals surface area contributed by atoms with E-state index in [2.05, 4.69) is 96.9 Å². The Labute approximate surface area is 329 Å². The summed E-state index contributed by atoms with van der Waals surface area (Å²) in [4.78, 5) is 3.92. The van der Waals surface area contributed by atoms with Crippen LogP contribution < -0.4 is 57.1 Å². The maximum Gasteiger partial charge on any atom is 0.269 e. The Hall–Kier alpha value is -0.170. The molecule has 0 spiro atoms. The highest BCUT2D eigenvalue weighted by Crippen LogP contribution is 2.35. The largest absolute Gasteiger partial charge is 1.00 e. The summed E-state index contributed by atoms with van der Waals surface area (Å²) in [5, 5.41) is 8.77. The van der Waals surface area contributed by atoms with Crippen LogP contribution in [0.5, 0.6) is 0 Å². The minimum Gasteiger partial charge on any atom is -1.00 e. The summed E-state index contributed by atoms with van der Waals surface area (Å²) < 4.78 is 5.06. The fraction of sp³-hybridized carbons (Fsp3) is 0.632. The molecule has 2 aromatic heterocycles. The zero-order valence-corrected chi connectivity index (χ0v) is 36.4. The van der Waals surface area contributed by atoms with Gasteiger partial charge < -0.3 is 52.9 Å². The van der Waals surface area contributed by atoms with Crippen molar-refractivity contribution in [2.24, 2.45) is 0 Å². The molecule has 0 radical (unpaired) electrons. The number of unbranched alkanes of at least 4 members (excludes halogenated alkanes) is 12. The highest BCUT2D eigenvalue weighted by Gasteiger charge is 2.22. The van der Waals surface area contributed by atoms with Crippen LogP contribution in [0, 0.1) is 13.8 Å². The van der Waals surface area contributed by atoms with Crippen LogP contribution in [0.3, 0.4) is 0 Å². The fourth-order valence-corrected chi connectivity index (χ4v) is 8.66. The lowest BCUT2D eigenvalue weighted by molar-refractivity contribution is -0.700. The SMILES string of the molecule is CCCCCCCN1C(C)=CS\C1=C/C=C(/C=C/c1sc(C)c[n+]1CCCCCCC)c1scc(C)[n+]1CCCCCCC.[I-].[I-]. The van der Waals surface area contributed by atoms with Gasteiger partial charge >= 0.3 is 0 Å². The van der Waals surface area contributed by atoms with E-state index in [1.165, 1.54) is 133 Å². The van der Waals surface area contributed by atoms with Crippen LogP contribution in [0.2, 0.25) is 0 Å². The van der Waals surface area contributed by atoms with E-state index in [1.54, 1.807) is 0 Å². The molecular formula is C38H61I2N3S3. The van der Waals surface area contributed by atoms with E-state index in [-0.39, 0.29) is 48.0 Å². The number of hydrogen-bond donors (Lipinski definition) is 0. The lowest BCUT2D eigenvalue weighted by Crippen LogP contribution is -3.00. The number of hydrogen-bond acceptors (Lipinski definition) is 4. The number of thioether (sulfide) groups is 1. The summed E-state index contributed by atoms with van der Waals surface area (Å²) >= 11 is 5.70. The van der Waals surface area contributed by atoms with Gasteiger partial charge in [-0.15, -0.1) is 0 Å². The zero-order valence-electron chi connectivity index (χ0n) is 29.6. The van der Waals surface area contributed by atoms with Crippen LogP contribution in [-0.2, 0) is 13.1 Å². The standard InChI is InChI=1S/C38H61N3S3.2HI/c1-7-10-13-16-19-26-39-29-34(6)44-36(39)24-22-35(38-41(33(5)31-43-38)28-21-18-15-12-9-3)23-25-37-40(32(4)30-42-37)27-20-17-14-11-8-2;;/h22-25,29-31H,7-21,26-28H2,1-6H3;2*1H/q+2;;/p-2. The first-order valence-corrected chi connectivity index (χ1v) is 20.2. The smallest absolute Gasteiger partial charge is 0.269 e. The summed E-state index contributed by atoms with van der Waals surface area (Å²) in [7, 11) is 0. The third-order valence-electron chi connectivity index (χ3n) is 8.47. The predicted octanol–water partition coefficient (Wildman–Crippen LogP) is 5.77. The lowest BCUT2D eigenvalue weighted by atomic mass is 10.1. The van der Waals surface area contributed by atoms with Gasteiger partial charge in [0.25, 0.3) is 10.0 Å². The van der Waals surface area contributed by atoms with Crippen molar-refractivity contribution in [1.82, 2.24) is 4.90 Å². The Morgan fingerprint density at radius 2 is 1.39 bits per heavy atom. The fourth-order valence-electron chi connectivity index (χ4n) is 5.78. The predicted molar refractivity (Wildman–Crippen MR) is 198 cm³/mol. The molecule has 0 unspecified atom stereocenters. The molecule has 46 heavy (non-hydrogen) atoms. The van der Waals surface area contributed by atoms with Gasteiger partial charge in [0.2, 0.25) is 0 Å². The van der Waals surface area contributed by atoms with E-state index in [0.29, 0.717) is 0 Å². The van der Waals surface area contributed by atoms with Crippen molar-refractivity contribution in [2.75, 3.05) is 6.54 Å². The van der Waals surface area contributed by atoms with Gasteiger partial charge in [-0.3, -0.25) is 0 Å². The molecular weight excluding hydrogens is 848 g/mol. The van der Waals surface area contributed by atoms with Gasteiger partial charge in [-0.2, -0.15) is 9.13 Å². The van der Waals surface area contributed by atoms with Crippen molar-refractivity contribution in [2.45, 2.75) is 151 Å². The van der Waals surface area contributed by atoms with E-state index in [1.807, 2.05) is 34.4 Å². The Morgan fingerprint density at radius 1 is 0.783 bits per heavy atom. The van der Waals surface area contributed by atoms with E-state index in [9.17, 15) is 0 Å². The highest BCUT2D eigenvalue weighted by atomic mass is 127. The van der Waals surface area contributed by atoms with Crippen molar-refractivity contribution < 1.29 is 57.1 Å². The zero-order chi connectivity index (χ0) is 31.6. The number of halogens is 2. The van der Waals surface area contributed by atoms with E-state index in [4.69, 9.17) is 0 Å². The normalized spacial score (nSPS) is 14.3. The van der Waals surface area contributed by atoms with Crippen molar-refractivity contribution in [3.8, 4) is 0 Å². The highest BCUT2D eigenvalue weighted by molar-refractivity contribution is 8.06. The molecule has 0 saturated heterocycles. The first kappa shape index (κ1) is 43.9. The lowest BCUT2D eigenvalue weighted by Gasteiger charge is -2.21. The quantitative estimate of drug-likeness (QED) is 0.0645. The van der Waals surface area contributed by atoms with Gasteiger partial charge in [0.1, 0.15) is 13.1 Å². The minimum atomic E-state index is 0. The Morgan fingerprint density at radius 3 is 2.04 bits per heavy atom. The summed E-state index contributed by atoms with van der Waals surface area (Å²) in [5.41, 5.74) is 4.08. The summed E-state index contributed by atoms with van der Waals surface area (Å²) in [5.74, 6) is 0. The monoisotopic (exact) mass is 909 g/mol. The molecule has 0 saturated carbocycles. The summed E-state index contributed by atoms with van der Waals surface area (Å²) in [6.45, 7) is 17.0. The second-order valence-electron chi connectivity index (χ2n) is 12.4. The molecule has 2 aromatic rings. The molecule has 0 aliphatic carbocycles. The minimum absolute atomic E-state index is 0. The Kier molecular flexibility index (Phi) is 24.5. The van der Waals surface area contributed by atoms with E-state index >= 15 is 0 Å². The molecule has 0 bridgehead atoms. The molecule has 3 rings (SSSR count). The van der Waals surface area contributed by atoms with E-state index < -0.39 is 0 Å². The number of aromatic nitrogens is 2. The van der Waals surface area contributed by atoms with Crippen LogP contribution in [0.4, 0.5) is 0 Å². The molecule has 0 amide bonds. The molecule has 1 aliphatic heterocycles. The number of thiazole rings is 2. The Balaban J connectivity index is 0.00000529.